The molecule has 0 aliphatic heterocycles. The Morgan fingerprint density at radius 3 is 1.97 bits per heavy atom. The summed E-state index contributed by atoms with van der Waals surface area (Å²) in [4.78, 5) is 27.7. The van der Waals surface area contributed by atoms with Gasteiger partial charge in [-0.2, -0.15) is 0 Å². The Hall–Kier alpha value is -3.47. The topological polar surface area (TPSA) is 49.4 Å². The van der Waals surface area contributed by atoms with Crippen molar-refractivity contribution in [3.05, 3.63) is 107 Å². The van der Waals surface area contributed by atoms with Crippen LogP contribution in [0.1, 0.15) is 16.7 Å². The molecule has 1 unspecified atom stereocenters. The van der Waals surface area contributed by atoms with E-state index in [1.54, 1.807) is 24.1 Å². The fourth-order valence-corrected chi connectivity index (χ4v) is 3.38. The lowest BCUT2D eigenvalue weighted by molar-refractivity contribution is -0.140. The van der Waals surface area contributed by atoms with Gasteiger partial charge in [-0.05, 0) is 28.8 Å². The Balaban J connectivity index is 1.92. The molecule has 3 aromatic rings. The molecule has 0 fully saturated rings. The van der Waals surface area contributed by atoms with Gasteiger partial charge >= 0.3 is 0 Å². The highest BCUT2D eigenvalue weighted by Crippen LogP contribution is 2.17. The minimum absolute atomic E-state index is 0.157. The maximum atomic E-state index is 13.4. The molecule has 3 rings (SSSR count). The summed E-state index contributed by atoms with van der Waals surface area (Å²) in [6.07, 6.45) is 0.576. The number of hydrogen-bond donors (Lipinski definition) is 1. The van der Waals surface area contributed by atoms with Crippen molar-refractivity contribution in [3.63, 3.8) is 0 Å². The van der Waals surface area contributed by atoms with Crippen LogP contribution < -0.4 is 5.32 Å². The Morgan fingerprint density at radius 2 is 1.40 bits per heavy atom. The third kappa shape index (κ3) is 5.77. The number of nitrogens with one attached hydrogen (secondary N) is 1. The van der Waals surface area contributed by atoms with Gasteiger partial charge in [0.25, 0.3) is 0 Å². The SMILES string of the molecule is CNC(=O)C(Cc1ccccc1)N(Cc1ccc(F)cc1)C(=O)Cc1ccccc1. The molecule has 0 bridgehead atoms. The fourth-order valence-electron chi connectivity index (χ4n) is 3.38. The Kier molecular flexibility index (Phi) is 7.33. The first-order chi connectivity index (χ1) is 14.6. The largest absolute Gasteiger partial charge is 0.357 e. The van der Waals surface area contributed by atoms with Crippen LogP contribution >= 0.6 is 0 Å². The summed E-state index contributed by atoms with van der Waals surface area (Å²) >= 11 is 0. The number of nitrogens with zero attached hydrogens (tertiary/aromatic N) is 1. The highest BCUT2D eigenvalue weighted by atomic mass is 19.1. The molecule has 1 atom stereocenters. The molecule has 0 aromatic heterocycles. The number of halogens is 1. The number of carbonyl (C=O) groups is 2. The monoisotopic (exact) mass is 404 g/mol. The van der Waals surface area contributed by atoms with Gasteiger partial charge in [0.1, 0.15) is 11.9 Å². The van der Waals surface area contributed by atoms with Crippen LogP contribution in [0.5, 0.6) is 0 Å². The van der Waals surface area contributed by atoms with Gasteiger partial charge in [0, 0.05) is 20.0 Å². The van der Waals surface area contributed by atoms with Crippen LogP contribution in [0, 0.1) is 5.82 Å². The maximum absolute atomic E-state index is 13.4. The lowest BCUT2D eigenvalue weighted by Gasteiger charge is -2.31. The van der Waals surface area contributed by atoms with E-state index in [1.807, 2.05) is 60.7 Å². The minimum atomic E-state index is -0.682. The highest BCUT2D eigenvalue weighted by Gasteiger charge is 2.29. The second-order valence-corrected chi connectivity index (χ2v) is 7.13. The summed E-state index contributed by atoms with van der Waals surface area (Å²) in [5, 5.41) is 2.69. The van der Waals surface area contributed by atoms with E-state index in [0.717, 1.165) is 16.7 Å². The summed E-state index contributed by atoms with van der Waals surface area (Å²) < 4.78 is 13.4. The van der Waals surface area contributed by atoms with E-state index in [1.165, 1.54) is 12.1 Å². The summed E-state index contributed by atoms with van der Waals surface area (Å²) in [5.74, 6) is -0.731. The molecule has 1 N–H and O–H groups in total. The molecule has 0 aliphatic rings. The first-order valence-electron chi connectivity index (χ1n) is 9.90. The molecule has 30 heavy (non-hydrogen) atoms. The number of carbonyl (C=O) groups excluding carboxylic acids is 2. The average Bonchev–Trinajstić information content (AvgIpc) is 2.78. The third-order valence-corrected chi connectivity index (χ3v) is 4.98. The summed E-state index contributed by atoms with van der Waals surface area (Å²) in [7, 11) is 1.57. The normalized spacial score (nSPS) is 11.5. The molecule has 2 amide bonds. The molecule has 0 heterocycles. The molecular weight excluding hydrogens is 379 g/mol. The van der Waals surface area contributed by atoms with Crippen LogP contribution in [0.4, 0.5) is 4.39 Å². The summed E-state index contributed by atoms with van der Waals surface area (Å²) in [5.41, 5.74) is 2.60. The quantitative estimate of drug-likeness (QED) is 0.622. The predicted octanol–water partition coefficient (Wildman–Crippen LogP) is 3.75. The maximum Gasteiger partial charge on any atom is 0.242 e. The van der Waals surface area contributed by atoms with Crippen LogP contribution in [0.3, 0.4) is 0 Å². The van der Waals surface area contributed by atoms with Crippen molar-refractivity contribution in [2.24, 2.45) is 0 Å². The van der Waals surface area contributed by atoms with E-state index < -0.39 is 6.04 Å². The van der Waals surface area contributed by atoms with Gasteiger partial charge in [-0.25, -0.2) is 4.39 Å². The highest BCUT2D eigenvalue weighted by molar-refractivity contribution is 5.88. The van der Waals surface area contributed by atoms with Crippen molar-refractivity contribution >= 4 is 11.8 Å². The summed E-state index contributed by atoms with van der Waals surface area (Å²) in [6.45, 7) is 0.219. The van der Waals surface area contributed by atoms with Gasteiger partial charge in [-0.3, -0.25) is 9.59 Å². The van der Waals surface area contributed by atoms with Crippen LogP contribution in [-0.2, 0) is 29.0 Å². The molecule has 0 aliphatic carbocycles. The van der Waals surface area contributed by atoms with Crippen LogP contribution in [0.15, 0.2) is 84.9 Å². The molecule has 154 valence electrons. The smallest absolute Gasteiger partial charge is 0.242 e. The molecule has 0 saturated carbocycles. The van der Waals surface area contributed by atoms with E-state index in [9.17, 15) is 14.0 Å². The van der Waals surface area contributed by atoms with E-state index in [4.69, 9.17) is 0 Å². The molecule has 3 aromatic carbocycles. The first-order valence-corrected chi connectivity index (χ1v) is 9.90. The Bertz CT molecular complexity index is 959. The van der Waals surface area contributed by atoms with E-state index in [0.29, 0.717) is 6.42 Å². The second-order valence-electron chi connectivity index (χ2n) is 7.13. The van der Waals surface area contributed by atoms with Crippen molar-refractivity contribution in [2.45, 2.75) is 25.4 Å². The Morgan fingerprint density at radius 1 is 0.833 bits per heavy atom. The molecule has 5 heteroatoms. The van der Waals surface area contributed by atoms with E-state index in [2.05, 4.69) is 5.32 Å². The van der Waals surface area contributed by atoms with Crippen LogP contribution in [0.2, 0.25) is 0 Å². The lowest BCUT2D eigenvalue weighted by Crippen LogP contribution is -2.50. The van der Waals surface area contributed by atoms with Crippen molar-refractivity contribution in [2.75, 3.05) is 7.05 Å². The molecule has 4 nitrogen and oxygen atoms in total. The number of likely N-dealkylation sites (N-methyl/N-ethyl adjacent to an activating group) is 1. The Labute approximate surface area is 176 Å². The van der Waals surface area contributed by atoms with Gasteiger partial charge in [-0.15, -0.1) is 0 Å². The van der Waals surface area contributed by atoms with Gasteiger partial charge in [0.05, 0.1) is 6.42 Å². The summed E-state index contributed by atoms with van der Waals surface area (Å²) in [6, 6.07) is 24.4. The number of amides is 2. The van der Waals surface area contributed by atoms with E-state index in [-0.39, 0.29) is 30.6 Å². The number of benzene rings is 3. The number of hydrogen-bond acceptors (Lipinski definition) is 2. The van der Waals surface area contributed by atoms with Gasteiger partial charge in [-0.1, -0.05) is 72.8 Å². The molecule has 0 saturated heterocycles. The number of rotatable bonds is 8. The first kappa shape index (κ1) is 21.2. The zero-order chi connectivity index (χ0) is 21.3. The van der Waals surface area contributed by atoms with Crippen molar-refractivity contribution in [3.8, 4) is 0 Å². The zero-order valence-electron chi connectivity index (χ0n) is 16.9. The van der Waals surface area contributed by atoms with Gasteiger partial charge in [0.2, 0.25) is 11.8 Å². The molecule has 0 radical (unpaired) electrons. The van der Waals surface area contributed by atoms with Crippen molar-refractivity contribution in [1.29, 1.82) is 0 Å². The lowest BCUT2D eigenvalue weighted by atomic mass is 10.0. The average molecular weight is 404 g/mol. The molecular formula is C25H25FN2O2. The molecule has 0 spiro atoms. The standard InChI is InChI=1S/C25H25FN2O2/c1-27-25(30)23(16-19-8-4-2-5-9-19)28(18-21-12-14-22(26)15-13-21)24(29)17-20-10-6-3-7-11-20/h2-15,23H,16-18H2,1H3,(H,27,30). The van der Waals surface area contributed by atoms with Crippen molar-refractivity contribution in [1.82, 2.24) is 10.2 Å². The second kappa shape index (κ2) is 10.3. The van der Waals surface area contributed by atoms with Crippen LogP contribution in [0.25, 0.3) is 0 Å². The van der Waals surface area contributed by atoms with Crippen LogP contribution in [-0.4, -0.2) is 29.8 Å². The van der Waals surface area contributed by atoms with Gasteiger partial charge < -0.3 is 10.2 Å². The van der Waals surface area contributed by atoms with Crippen molar-refractivity contribution < 1.29 is 14.0 Å². The zero-order valence-corrected chi connectivity index (χ0v) is 16.9. The third-order valence-electron chi connectivity index (χ3n) is 4.98. The van der Waals surface area contributed by atoms with Gasteiger partial charge in [0.15, 0.2) is 0 Å². The fraction of sp³-hybridized carbons (Fsp3) is 0.200. The predicted molar refractivity (Wildman–Crippen MR) is 115 cm³/mol. The minimum Gasteiger partial charge on any atom is -0.357 e. The van der Waals surface area contributed by atoms with E-state index >= 15 is 0 Å².